The van der Waals surface area contributed by atoms with Gasteiger partial charge in [-0.15, -0.1) is 0 Å². The molecule has 0 atom stereocenters. The zero-order valence-electron chi connectivity index (χ0n) is 11.7. The van der Waals surface area contributed by atoms with E-state index in [4.69, 9.17) is 0 Å². The number of nitro benzene ring substituents is 1. The third-order valence-electron chi connectivity index (χ3n) is 3.02. The molecule has 8 nitrogen and oxygen atoms in total. The Morgan fingerprint density at radius 2 is 1.57 bits per heavy atom. The largest absolute Gasteiger partial charge is 0.295 e. The molecule has 1 N–H and O–H groups in total. The van der Waals surface area contributed by atoms with Gasteiger partial charge in [-0.3, -0.25) is 14.7 Å². The number of sulfone groups is 1. The van der Waals surface area contributed by atoms with Crippen LogP contribution in [0.4, 0.5) is 5.69 Å². The van der Waals surface area contributed by atoms with Gasteiger partial charge in [-0.05, 0) is 30.7 Å². The minimum atomic E-state index is -4.82. The van der Waals surface area contributed by atoms with Crippen LogP contribution in [0.5, 0.6) is 0 Å². The number of hydrogen-bond acceptors (Lipinski definition) is 6. The lowest BCUT2D eigenvalue weighted by Crippen LogP contribution is -2.11. The van der Waals surface area contributed by atoms with Crippen molar-refractivity contribution in [3.63, 3.8) is 0 Å². The van der Waals surface area contributed by atoms with Crippen molar-refractivity contribution in [1.29, 1.82) is 0 Å². The highest BCUT2D eigenvalue weighted by molar-refractivity contribution is 7.93. The third-order valence-corrected chi connectivity index (χ3v) is 5.90. The van der Waals surface area contributed by atoms with Gasteiger partial charge in [0.1, 0.15) is 9.79 Å². The van der Waals surface area contributed by atoms with Crippen molar-refractivity contribution >= 4 is 25.6 Å². The van der Waals surface area contributed by atoms with Crippen molar-refractivity contribution in [2.45, 2.75) is 21.6 Å². The molecule has 0 fully saturated rings. The Kier molecular flexibility index (Phi) is 4.24. The maximum absolute atomic E-state index is 12.7. The lowest BCUT2D eigenvalue weighted by atomic mass is 10.2. The number of para-hydroxylation sites is 1. The molecule has 0 unspecified atom stereocenters. The molecule has 0 aromatic heterocycles. The van der Waals surface area contributed by atoms with E-state index in [9.17, 15) is 31.5 Å². The molecule has 0 bridgehead atoms. The Hall–Kier alpha value is -2.30. The van der Waals surface area contributed by atoms with Crippen LogP contribution < -0.4 is 0 Å². The van der Waals surface area contributed by atoms with Crippen molar-refractivity contribution < 1.29 is 26.3 Å². The van der Waals surface area contributed by atoms with Crippen LogP contribution in [0.3, 0.4) is 0 Å². The molecule has 0 aliphatic heterocycles. The van der Waals surface area contributed by atoms with Crippen LogP contribution in [0.2, 0.25) is 0 Å². The standard InChI is InChI=1S/C13H11NO7S2/c1-9-6-7-12(23(19,20)21)13(8-9)22(17,18)11-5-3-2-4-10(11)14(15)16/h2-8H,1H3,(H,19,20,21). The first-order valence-electron chi connectivity index (χ1n) is 6.12. The minimum Gasteiger partial charge on any atom is -0.282 e. The van der Waals surface area contributed by atoms with E-state index in [1.54, 1.807) is 0 Å². The van der Waals surface area contributed by atoms with E-state index < -0.39 is 45.3 Å². The van der Waals surface area contributed by atoms with E-state index in [0.717, 1.165) is 24.3 Å². The van der Waals surface area contributed by atoms with Gasteiger partial charge in [0.25, 0.3) is 15.8 Å². The van der Waals surface area contributed by atoms with Gasteiger partial charge >= 0.3 is 0 Å². The molecular formula is C13H11NO7S2. The summed E-state index contributed by atoms with van der Waals surface area (Å²) in [4.78, 5) is 7.94. The molecule has 0 saturated heterocycles. The lowest BCUT2D eigenvalue weighted by molar-refractivity contribution is -0.387. The van der Waals surface area contributed by atoms with Crippen LogP contribution in [0.25, 0.3) is 0 Å². The van der Waals surface area contributed by atoms with Gasteiger partial charge in [0.05, 0.1) is 9.82 Å². The average molecular weight is 357 g/mol. The van der Waals surface area contributed by atoms with Crippen LogP contribution in [0.15, 0.2) is 57.2 Å². The van der Waals surface area contributed by atoms with Crippen LogP contribution >= 0.6 is 0 Å². The molecule has 23 heavy (non-hydrogen) atoms. The van der Waals surface area contributed by atoms with Crippen molar-refractivity contribution in [2.24, 2.45) is 0 Å². The molecule has 122 valence electrons. The summed E-state index contributed by atoms with van der Waals surface area (Å²) in [6, 6.07) is 7.85. The zero-order chi connectivity index (χ0) is 17.4. The molecule has 2 aromatic carbocycles. The maximum atomic E-state index is 12.7. The topological polar surface area (TPSA) is 132 Å². The molecule has 0 heterocycles. The second kappa shape index (κ2) is 5.72. The number of nitrogens with zero attached hydrogens (tertiary/aromatic N) is 1. The molecule has 0 aliphatic rings. The third kappa shape index (κ3) is 3.23. The van der Waals surface area contributed by atoms with Crippen LogP contribution in [0, 0.1) is 17.0 Å². The van der Waals surface area contributed by atoms with Gasteiger partial charge in [-0.25, -0.2) is 8.42 Å². The molecule has 0 radical (unpaired) electrons. The molecular weight excluding hydrogens is 346 g/mol. The van der Waals surface area contributed by atoms with Crippen LogP contribution in [-0.2, 0) is 20.0 Å². The van der Waals surface area contributed by atoms with E-state index >= 15 is 0 Å². The van der Waals surface area contributed by atoms with Crippen LogP contribution in [-0.4, -0.2) is 26.3 Å². The SMILES string of the molecule is Cc1ccc(S(=O)(=O)O)c(S(=O)(=O)c2ccccc2[N+](=O)[O-])c1. The lowest BCUT2D eigenvalue weighted by Gasteiger charge is -2.10. The summed E-state index contributed by atoms with van der Waals surface area (Å²) in [5.74, 6) is 0. The van der Waals surface area contributed by atoms with Crippen molar-refractivity contribution in [3.8, 4) is 0 Å². The first-order chi connectivity index (χ1) is 10.5. The smallest absolute Gasteiger partial charge is 0.282 e. The summed E-state index contributed by atoms with van der Waals surface area (Å²) in [7, 11) is -9.36. The average Bonchev–Trinajstić information content (AvgIpc) is 2.45. The summed E-state index contributed by atoms with van der Waals surface area (Å²) < 4.78 is 57.5. The summed E-state index contributed by atoms with van der Waals surface area (Å²) in [5, 5.41) is 11.0. The predicted molar refractivity (Wildman–Crippen MR) is 79.5 cm³/mol. The van der Waals surface area contributed by atoms with Crippen molar-refractivity contribution in [3.05, 3.63) is 58.1 Å². The van der Waals surface area contributed by atoms with Crippen molar-refractivity contribution in [2.75, 3.05) is 0 Å². The first-order valence-corrected chi connectivity index (χ1v) is 9.04. The summed E-state index contributed by atoms with van der Waals surface area (Å²) >= 11 is 0. The van der Waals surface area contributed by atoms with E-state index in [2.05, 4.69) is 0 Å². The van der Waals surface area contributed by atoms with E-state index in [1.807, 2.05) is 0 Å². The van der Waals surface area contributed by atoms with Gasteiger partial charge in [0.15, 0.2) is 0 Å². The molecule has 0 amide bonds. The second-order valence-electron chi connectivity index (χ2n) is 4.65. The molecule has 10 heteroatoms. The second-order valence-corrected chi connectivity index (χ2v) is 7.93. The molecule has 0 aliphatic carbocycles. The van der Waals surface area contributed by atoms with Crippen LogP contribution in [0.1, 0.15) is 5.56 Å². The van der Waals surface area contributed by atoms with E-state index in [-0.39, 0.29) is 0 Å². The molecule has 0 spiro atoms. The summed E-state index contributed by atoms with van der Waals surface area (Å²) in [6.07, 6.45) is 0. The van der Waals surface area contributed by atoms with Gasteiger partial charge in [0.2, 0.25) is 9.84 Å². The highest BCUT2D eigenvalue weighted by Crippen LogP contribution is 2.32. The fraction of sp³-hybridized carbons (Fsp3) is 0.0769. The Labute approximate surface area is 132 Å². The Morgan fingerprint density at radius 1 is 0.957 bits per heavy atom. The molecule has 2 rings (SSSR count). The monoisotopic (exact) mass is 357 g/mol. The Bertz CT molecular complexity index is 995. The molecule has 0 saturated carbocycles. The first kappa shape index (κ1) is 17.1. The number of rotatable bonds is 4. The fourth-order valence-electron chi connectivity index (χ4n) is 1.99. The maximum Gasteiger partial charge on any atom is 0.295 e. The normalized spacial score (nSPS) is 12.1. The number of nitro groups is 1. The highest BCUT2D eigenvalue weighted by atomic mass is 32.2. The fourth-order valence-corrected chi connectivity index (χ4v) is 4.78. The van der Waals surface area contributed by atoms with Gasteiger partial charge in [0, 0.05) is 6.07 Å². The van der Waals surface area contributed by atoms with Crippen molar-refractivity contribution in [1.82, 2.24) is 0 Å². The zero-order valence-corrected chi connectivity index (χ0v) is 13.3. The summed E-state index contributed by atoms with van der Waals surface area (Å²) in [5.41, 5.74) is -0.273. The quantitative estimate of drug-likeness (QED) is 0.502. The Morgan fingerprint density at radius 3 is 2.13 bits per heavy atom. The van der Waals surface area contributed by atoms with E-state index in [0.29, 0.717) is 5.56 Å². The van der Waals surface area contributed by atoms with Gasteiger partial charge in [-0.2, -0.15) is 8.42 Å². The van der Waals surface area contributed by atoms with Gasteiger partial charge < -0.3 is 0 Å². The number of aryl methyl sites for hydroxylation is 1. The Balaban J connectivity index is 2.87. The predicted octanol–water partition coefficient (Wildman–Crippen LogP) is 1.98. The highest BCUT2D eigenvalue weighted by Gasteiger charge is 2.32. The summed E-state index contributed by atoms with van der Waals surface area (Å²) in [6.45, 7) is 1.52. The minimum absolute atomic E-state index is 0.412. The molecule has 2 aromatic rings. The number of hydrogen-bond donors (Lipinski definition) is 1. The van der Waals surface area contributed by atoms with Gasteiger partial charge in [-0.1, -0.05) is 18.2 Å². The number of benzene rings is 2. The van der Waals surface area contributed by atoms with E-state index in [1.165, 1.54) is 25.1 Å².